The molecule has 0 saturated heterocycles. The van der Waals surface area contributed by atoms with E-state index in [0.29, 0.717) is 19.5 Å². The topological polar surface area (TPSA) is 72.5 Å². The number of carbonyl (C=O) groups excluding carboxylic acids is 1. The zero-order chi connectivity index (χ0) is 19.1. The molecule has 6 heteroatoms. The lowest BCUT2D eigenvalue weighted by atomic mass is 9.99. The Hall–Kier alpha value is -3.28. The van der Waals surface area contributed by atoms with Crippen molar-refractivity contribution < 1.29 is 14.3 Å². The van der Waals surface area contributed by atoms with Gasteiger partial charge >= 0.3 is 0 Å². The Morgan fingerprint density at radius 1 is 1.07 bits per heavy atom. The second-order valence-electron chi connectivity index (χ2n) is 5.99. The van der Waals surface area contributed by atoms with Crippen LogP contribution in [0, 0.1) is 0 Å². The predicted octanol–water partition coefficient (Wildman–Crippen LogP) is 3.47. The molecule has 27 heavy (non-hydrogen) atoms. The van der Waals surface area contributed by atoms with Gasteiger partial charge in [0.1, 0.15) is 17.3 Å². The van der Waals surface area contributed by atoms with Gasteiger partial charge in [0.25, 0.3) is 0 Å². The Morgan fingerprint density at radius 3 is 2.70 bits per heavy atom. The summed E-state index contributed by atoms with van der Waals surface area (Å²) in [5.74, 6) is 2.33. The number of amides is 1. The van der Waals surface area contributed by atoms with E-state index in [9.17, 15) is 4.79 Å². The number of rotatable bonds is 9. The van der Waals surface area contributed by atoms with Gasteiger partial charge in [0.05, 0.1) is 19.6 Å². The Labute approximate surface area is 158 Å². The molecule has 2 aromatic carbocycles. The third-order valence-electron chi connectivity index (χ3n) is 4.35. The van der Waals surface area contributed by atoms with Gasteiger partial charge in [-0.2, -0.15) is 0 Å². The number of hydrogen-bond acceptors (Lipinski definition) is 5. The molecule has 0 fully saturated rings. The van der Waals surface area contributed by atoms with E-state index < -0.39 is 0 Å². The van der Waals surface area contributed by atoms with Crippen molar-refractivity contribution in [2.45, 2.75) is 6.42 Å². The van der Waals surface area contributed by atoms with E-state index >= 15 is 0 Å². The van der Waals surface area contributed by atoms with E-state index in [1.165, 1.54) is 0 Å². The highest BCUT2D eigenvalue weighted by Gasteiger charge is 2.13. The predicted molar refractivity (Wildman–Crippen MR) is 107 cm³/mol. The first-order valence-corrected chi connectivity index (χ1v) is 8.79. The van der Waals surface area contributed by atoms with Gasteiger partial charge in [-0.25, -0.2) is 4.98 Å². The summed E-state index contributed by atoms with van der Waals surface area (Å²) in [7, 11) is 3.32. The summed E-state index contributed by atoms with van der Waals surface area (Å²) >= 11 is 0. The summed E-state index contributed by atoms with van der Waals surface area (Å²) in [4.78, 5) is 15.0. The molecule has 1 heterocycles. The molecule has 0 aliphatic heterocycles. The molecule has 0 atom stereocenters. The van der Waals surface area contributed by atoms with Crippen LogP contribution in [0.1, 0.15) is 6.42 Å². The van der Waals surface area contributed by atoms with Crippen LogP contribution >= 0.6 is 0 Å². The quantitative estimate of drug-likeness (QED) is 0.449. The summed E-state index contributed by atoms with van der Waals surface area (Å²) in [5, 5.41) is 7.99. The molecule has 0 saturated carbocycles. The average Bonchev–Trinajstić information content (AvgIpc) is 2.73. The van der Waals surface area contributed by atoms with Crippen molar-refractivity contribution in [2.75, 3.05) is 32.6 Å². The van der Waals surface area contributed by atoms with Crippen LogP contribution in [0.2, 0.25) is 0 Å². The summed E-state index contributed by atoms with van der Waals surface area (Å²) in [6, 6.07) is 13.9. The normalized spacial score (nSPS) is 10.4. The largest absolute Gasteiger partial charge is 0.497 e. The first kappa shape index (κ1) is 18.5. The molecule has 140 valence electrons. The van der Waals surface area contributed by atoms with E-state index in [1.807, 2.05) is 42.6 Å². The Kier molecular flexibility index (Phi) is 6.10. The van der Waals surface area contributed by atoms with Gasteiger partial charge in [0.2, 0.25) is 6.41 Å². The fourth-order valence-electron chi connectivity index (χ4n) is 3.04. The molecule has 0 spiro atoms. The van der Waals surface area contributed by atoms with Crippen molar-refractivity contribution in [3.8, 4) is 22.6 Å². The molecule has 1 aromatic heterocycles. The van der Waals surface area contributed by atoms with Gasteiger partial charge in [-0.3, -0.25) is 4.79 Å². The zero-order valence-electron chi connectivity index (χ0n) is 15.5. The number of carbonyl (C=O) groups is 1. The molecule has 3 rings (SSSR count). The number of nitrogens with zero attached hydrogens (tertiary/aromatic N) is 1. The number of methoxy groups -OCH3 is 2. The molecule has 6 nitrogen and oxygen atoms in total. The number of anilines is 1. The fourth-order valence-corrected chi connectivity index (χ4v) is 3.04. The first-order valence-electron chi connectivity index (χ1n) is 8.79. The van der Waals surface area contributed by atoms with Gasteiger partial charge in [0, 0.05) is 24.8 Å². The monoisotopic (exact) mass is 365 g/mol. The number of pyridine rings is 1. The first-order chi connectivity index (χ1) is 13.3. The summed E-state index contributed by atoms with van der Waals surface area (Å²) in [5.41, 5.74) is 2.04. The lowest BCUT2D eigenvalue weighted by Gasteiger charge is -2.15. The third kappa shape index (κ3) is 4.11. The van der Waals surface area contributed by atoms with Crippen molar-refractivity contribution >= 4 is 23.0 Å². The van der Waals surface area contributed by atoms with E-state index in [4.69, 9.17) is 9.47 Å². The minimum atomic E-state index is 0.619. The highest BCUT2D eigenvalue weighted by Crippen LogP contribution is 2.37. The van der Waals surface area contributed by atoms with Crippen LogP contribution in [0.5, 0.6) is 11.5 Å². The minimum absolute atomic E-state index is 0.619. The molecular weight excluding hydrogens is 342 g/mol. The third-order valence-corrected chi connectivity index (χ3v) is 4.35. The molecule has 3 aromatic rings. The van der Waals surface area contributed by atoms with Gasteiger partial charge < -0.3 is 20.1 Å². The van der Waals surface area contributed by atoms with E-state index in [2.05, 4.69) is 21.7 Å². The van der Waals surface area contributed by atoms with Crippen LogP contribution in [0.3, 0.4) is 0 Å². The fraction of sp³-hybridized carbons (Fsp3) is 0.238. The second kappa shape index (κ2) is 8.89. The van der Waals surface area contributed by atoms with Crippen molar-refractivity contribution in [1.29, 1.82) is 0 Å². The van der Waals surface area contributed by atoms with Crippen LogP contribution in [0.25, 0.3) is 21.9 Å². The maximum absolute atomic E-state index is 10.3. The van der Waals surface area contributed by atoms with Crippen LogP contribution < -0.4 is 20.1 Å². The maximum Gasteiger partial charge on any atom is 0.207 e. The van der Waals surface area contributed by atoms with Crippen molar-refractivity contribution in [3.05, 3.63) is 48.7 Å². The number of nitrogens with one attached hydrogen (secondary N) is 2. The van der Waals surface area contributed by atoms with Crippen molar-refractivity contribution in [2.24, 2.45) is 0 Å². The van der Waals surface area contributed by atoms with Gasteiger partial charge in [-0.1, -0.05) is 24.3 Å². The molecule has 0 aliphatic rings. The number of fused-ring (bicyclic) bond motifs is 1. The molecule has 0 unspecified atom stereocenters. The Morgan fingerprint density at radius 2 is 1.93 bits per heavy atom. The number of ether oxygens (including phenoxy) is 2. The maximum atomic E-state index is 10.3. The zero-order valence-corrected chi connectivity index (χ0v) is 15.5. The molecule has 0 radical (unpaired) electrons. The van der Waals surface area contributed by atoms with E-state index in [-0.39, 0.29) is 0 Å². The van der Waals surface area contributed by atoms with Crippen LogP contribution in [0.15, 0.2) is 48.7 Å². The summed E-state index contributed by atoms with van der Waals surface area (Å²) in [6.45, 7) is 1.31. The van der Waals surface area contributed by atoms with E-state index in [1.54, 1.807) is 14.2 Å². The molecule has 0 aliphatic carbocycles. The average molecular weight is 365 g/mol. The molecule has 2 N–H and O–H groups in total. The van der Waals surface area contributed by atoms with Crippen LogP contribution in [0.4, 0.5) is 5.82 Å². The number of hydrogen-bond donors (Lipinski definition) is 2. The number of aromatic nitrogens is 1. The van der Waals surface area contributed by atoms with Crippen molar-refractivity contribution in [3.63, 3.8) is 0 Å². The summed E-state index contributed by atoms with van der Waals surface area (Å²) in [6.07, 6.45) is 3.37. The van der Waals surface area contributed by atoms with Crippen LogP contribution in [-0.2, 0) is 4.79 Å². The van der Waals surface area contributed by atoms with Crippen LogP contribution in [-0.4, -0.2) is 38.7 Å². The van der Waals surface area contributed by atoms with Crippen molar-refractivity contribution in [1.82, 2.24) is 10.3 Å². The second-order valence-corrected chi connectivity index (χ2v) is 5.99. The highest BCUT2D eigenvalue weighted by molar-refractivity contribution is 6.05. The van der Waals surface area contributed by atoms with Gasteiger partial charge in [0.15, 0.2) is 0 Å². The van der Waals surface area contributed by atoms with E-state index in [0.717, 1.165) is 45.6 Å². The molecular formula is C21H23N3O3. The highest BCUT2D eigenvalue weighted by atomic mass is 16.5. The standard InChI is InChI=1S/C21H23N3O3/c1-26-16-7-3-6-15(12-16)18-13-24-21(23-11-5-10-22-14-25)20-17(18)8-4-9-19(20)27-2/h3-4,6-9,12-14H,5,10-11H2,1-2H3,(H,22,25)(H,23,24). The number of benzene rings is 2. The minimum Gasteiger partial charge on any atom is -0.497 e. The Balaban J connectivity index is 2.02. The molecule has 0 bridgehead atoms. The van der Waals surface area contributed by atoms with Gasteiger partial charge in [-0.15, -0.1) is 0 Å². The lowest BCUT2D eigenvalue weighted by molar-refractivity contribution is -0.109. The Bertz CT molecular complexity index is 928. The van der Waals surface area contributed by atoms with Gasteiger partial charge in [-0.05, 0) is 35.6 Å². The molecule has 1 amide bonds. The smallest absolute Gasteiger partial charge is 0.207 e. The lowest BCUT2D eigenvalue weighted by Crippen LogP contribution is -2.16. The SMILES string of the molecule is COc1cccc(-c2cnc(NCCCNC=O)c3c(OC)cccc23)c1. The summed E-state index contributed by atoms with van der Waals surface area (Å²) < 4.78 is 10.9.